The Bertz CT molecular complexity index is 1820. The van der Waals surface area contributed by atoms with E-state index in [0.29, 0.717) is 25.2 Å². The van der Waals surface area contributed by atoms with Crippen LogP contribution in [0.5, 0.6) is 0 Å². The van der Waals surface area contributed by atoms with Crippen LogP contribution in [0.4, 0.5) is 10.7 Å². The molecule has 0 bridgehead atoms. The molecule has 4 aromatic rings. The SMILES string of the molecule is Cc1cccc(C)c1-c1cc(=O)[nH]c(NS(=O)(=O)c2cccc(C(=O)N3CCCN(C(=O)OCc4ccccc4)CC3)c2)n1. The van der Waals surface area contributed by atoms with Gasteiger partial charge in [-0.3, -0.25) is 14.6 Å². The zero-order valence-corrected chi connectivity index (χ0v) is 25.3. The Kier molecular flexibility index (Phi) is 9.09. The lowest BCUT2D eigenvalue weighted by atomic mass is 10.00. The maximum absolute atomic E-state index is 13.4. The average Bonchev–Trinajstić information content (AvgIpc) is 3.26. The van der Waals surface area contributed by atoms with Gasteiger partial charge in [0.15, 0.2) is 0 Å². The Morgan fingerprint density at radius 1 is 0.886 bits per heavy atom. The molecular formula is C32H33N5O6S. The topological polar surface area (TPSA) is 142 Å². The van der Waals surface area contributed by atoms with Gasteiger partial charge in [-0.15, -0.1) is 0 Å². The highest BCUT2D eigenvalue weighted by molar-refractivity contribution is 7.92. The first-order valence-electron chi connectivity index (χ1n) is 14.2. The second-order valence-electron chi connectivity index (χ2n) is 10.6. The molecule has 0 aliphatic carbocycles. The Hall–Kier alpha value is -4.97. The molecule has 44 heavy (non-hydrogen) atoms. The summed E-state index contributed by atoms with van der Waals surface area (Å²) in [6.07, 6.45) is 0.0946. The van der Waals surface area contributed by atoms with Crippen molar-refractivity contribution in [1.29, 1.82) is 0 Å². The van der Waals surface area contributed by atoms with E-state index < -0.39 is 21.7 Å². The molecule has 1 saturated heterocycles. The van der Waals surface area contributed by atoms with Crippen LogP contribution in [0.3, 0.4) is 0 Å². The van der Waals surface area contributed by atoms with Crippen LogP contribution in [0, 0.1) is 13.8 Å². The van der Waals surface area contributed by atoms with Gasteiger partial charge in [0.25, 0.3) is 21.5 Å². The molecule has 1 aliphatic rings. The molecule has 1 aromatic heterocycles. The van der Waals surface area contributed by atoms with Crippen LogP contribution in [0.25, 0.3) is 11.3 Å². The summed E-state index contributed by atoms with van der Waals surface area (Å²) in [5, 5.41) is 0. The third-order valence-corrected chi connectivity index (χ3v) is 8.68. The number of benzene rings is 3. The number of aryl methyl sites for hydroxylation is 2. The molecule has 2 amide bonds. The fourth-order valence-corrected chi connectivity index (χ4v) is 6.14. The second-order valence-corrected chi connectivity index (χ2v) is 12.2. The second kappa shape index (κ2) is 13.1. The predicted octanol–water partition coefficient (Wildman–Crippen LogP) is 4.34. The van der Waals surface area contributed by atoms with Crippen LogP contribution < -0.4 is 10.3 Å². The van der Waals surface area contributed by atoms with Gasteiger partial charge in [-0.1, -0.05) is 54.6 Å². The number of aromatic nitrogens is 2. The number of nitrogens with zero attached hydrogens (tertiary/aromatic N) is 3. The van der Waals surface area contributed by atoms with Crippen LogP contribution in [0.15, 0.2) is 88.6 Å². The van der Waals surface area contributed by atoms with E-state index in [2.05, 4.69) is 14.7 Å². The smallest absolute Gasteiger partial charge is 0.410 e. The number of carbonyl (C=O) groups is 2. The zero-order valence-electron chi connectivity index (χ0n) is 24.4. The summed E-state index contributed by atoms with van der Waals surface area (Å²) in [6, 6.07) is 22.0. The van der Waals surface area contributed by atoms with Crippen LogP contribution >= 0.6 is 0 Å². The van der Waals surface area contributed by atoms with Gasteiger partial charge in [-0.05, 0) is 55.2 Å². The van der Waals surface area contributed by atoms with E-state index in [0.717, 1.165) is 22.3 Å². The Labute approximate surface area is 255 Å². The van der Waals surface area contributed by atoms with E-state index >= 15 is 0 Å². The molecule has 0 spiro atoms. The fourth-order valence-electron chi connectivity index (χ4n) is 5.13. The summed E-state index contributed by atoms with van der Waals surface area (Å²) in [5.41, 5.74) is 3.41. The minimum atomic E-state index is -4.22. The molecule has 0 atom stereocenters. The minimum Gasteiger partial charge on any atom is -0.445 e. The summed E-state index contributed by atoms with van der Waals surface area (Å²) >= 11 is 0. The first-order chi connectivity index (χ1) is 21.1. The van der Waals surface area contributed by atoms with Gasteiger partial charge in [-0.25, -0.2) is 22.9 Å². The molecule has 0 unspecified atom stereocenters. The lowest BCUT2D eigenvalue weighted by Gasteiger charge is -2.22. The van der Waals surface area contributed by atoms with Crippen LogP contribution in [-0.4, -0.2) is 66.4 Å². The molecule has 0 saturated carbocycles. The molecule has 12 heteroatoms. The molecule has 2 heterocycles. The summed E-state index contributed by atoms with van der Waals surface area (Å²) < 4.78 is 34.4. The van der Waals surface area contributed by atoms with Gasteiger partial charge in [0, 0.05) is 43.4 Å². The van der Waals surface area contributed by atoms with Crippen molar-refractivity contribution in [2.45, 2.75) is 31.8 Å². The third-order valence-electron chi connectivity index (χ3n) is 7.35. The third kappa shape index (κ3) is 7.14. The molecule has 228 valence electrons. The number of hydrogen-bond acceptors (Lipinski definition) is 7. The summed E-state index contributed by atoms with van der Waals surface area (Å²) in [6.45, 7) is 5.32. The van der Waals surface area contributed by atoms with E-state index in [1.165, 1.54) is 24.3 Å². The zero-order chi connectivity index (χ0) is 31.3. The monoisotopic (exact) mass is 615 g/mol. The maximum atomic E-state index is 13.4. The number of nitrogens with one attached hydrogen (secondary N) is 2. The van der Waals surface area contributed by atoms with Crippen molar-refractivity contribution in [2.24, 2.45) is 0 Å². The first kappa shape index (κ1) is 30.5. The van der Waals surface area contributed by atoms with E-state index in [9.17, 15) is 22.8 Å². The largest absolute Gasteiger partial charge is 0.445 e. The fraction of sp³-hybridized carbons (Fsp3) is 0.250. The van der Waals surface area contributed by atoms with Gasteiger partial charge in [0.05, 0.1) is 10.6 Å². The average molecular weight is 616 g/mol. The van der Waals surface area contributed by atoms with Gasteiger partial charge in [-0.2, -0.15) is 0 Å². The van der Waals surface area contributed by atoms with Gasteiger partial charge in [0.2, 0.25) is 5.95 Å². The molecule has 0 radical (unpaired) electrons. The van der Waals surface area contributed by atoms with Gasteiger partial charge >= 0.3 is 6.09 Å². The summed E-state index contributed by atoms with van der Waals surface area (Å²) in [4.78, 5) is 48.3. The number of amides is 2. The summed E-state index contributed by atoms with van der Waals surface area (Å²) in [7, 11) is -4.22. The Morgan fingerprint density at radius 3 is 2.32 bits per heavy atom. The first-order valence-corrected chi connectivity index (χ1v) is 15.6. The van der Waals surface area contributed by atoms with Gasteiger partial charge in [0.1, 0.15) is 6.61 Å². The number of carbonyl (C=O) groups excluding carboxylic acids is 2. The van der Waals surface area contributed by atoms with Crippen molar-refractivity contribution in [2.75, 3.05) is 30.9 Å². The van der Waals surface area contributed by atoms with Crippen LogP contribution in [-0.2, 0) is 21.4 Å². The molecule has 2 N–H and O–H groups in total. The molecule has 1 fully saturated rings. The maximum Gasteiger partial charge on any atom is 0.410 e. The number of aromatic amines is 1. The van der Waals surface area contributed by atoms with Crippen molar-refractivity contribution in [3.05, 3.63) is 111 Å². The number of sulfonamides is 1. The van der Waals surface area contributed by atoms with Crippen molar-refractivity contribution >= 4 is 28.0 Å². The standard InChI is InChI=1S/C32H33N5O6S/c1-22-9-6-10-23(2)29(22)27-20-28(38)34-31(33-27)35-44(41,42)26-14-7-13-25(19-26)30(39)36-15-8-16-37(18-17-36)32(40)43-21-24-11-4-3-5-12-24/h3-7,9-14,19-20H,8,15-18,21H2,1-2H3,(H2,33,34,35,38). The number of H-pyrrole nitrogens is 1. The molecule has 11 nitrogen and oxygen atoms in total. The Balaban J connectivity index is 1.27. The molecular weight excluding hydrogens is 582 g/mol. The number of rotatable bonds is 7. The lowest BCUT2D eigenvalue weighted by Crippen LogP contribution is -2.37. The van der Waals surface area contributed by atoms with Crippen molar-refractivity contribution in [1.82, 2.24) is 19.8 Å². The minimum absolute atomic E-state index is 0.160. The van der Waals surface area contributed by atoms with E-state index in [4.69, 9.17) is 4.74 Å². The van der Waals surface area contributed by atoms with E-state index in [1.807, 2.05) is 62.4 Å². The lowest BCUT2D eigenvalue weighted by molar-refractivity contribution is 0.0748. The highest BCUT2D eigenvalue weighted by Crippen LogP contribution is 2.25. The van der Waals surface area contributed by atoms with E-state index in [-0.39, 0.29) is 42.0 Å². The molecule has 3 aromatic carbocycles. The highest BCUT2D eigenvalue weighted by Gasteiger charge is 2.25. The summed E-state index contributed by atoms with van der Waals surface area (Å²) in [5.74, 6) is -0.594. The number of ether oxygens (including phenoxy) is 1. The van der Waals surface area contributed by atoms with Crippen molar-refractivity contribution in [3.63, 3.8) is 0 Å². The normalized spacial score (nSPS) is 13.7. The Morgan fingerprint density at radius 2 is 1.57 bits per heavy atom. The number of anilines is 1. The van der Waals surface area contributed by atoms with Gasteiger partial charge < -0.3 is 14.5 Å². The number of hydrogen-bond donors (Lipinski definition) is 2. The molecule has 1 aliphatic heterocycles. The van der Waals surface area contributed by atoms with Crippen molar-refractivity contribution in [3.8, 4) is 11.3 Å². The molecule has 5 rings (SSSR count). The quantitative estimate of drug-likeness (QED) is 0.315. The highest BCUT2D eigenvalue weighted by atomic mass is 32.2. The van der Waals surface area contributed by atoms with Crippen LogP contribution in [0.1, 0.15) is 33.5 Å². The van der Waals surface area contributed by atoms with E-state index in [1.54, 1.807) is 15.9 Å². The van der Waals surface area contributed by atoms with Crippen LogP contribution in [0.2, 0.25) is 0 Å². The predicted molar refractivity (Wildman–Crippen MR) is 166 cm³/mol. The van der Waals surface area contributed by atoms with Crippen molar-refractivity contribution < 1.29 is 22.7 Å².